The fraction of sp³-hybridized carbons (Fsp3) is 0.111. The van der Waals surface area contributed by atoms with Gasteiger partial charge in [-0.3, -0.25) is 0 Å². The predicted molar refractivity (Wildman–Crippen MR) is 51.1 cm³/mol. The first-order valence-electron chi connectivity index (χ1n) is 4.21. The molecule has 0 fully saturated rings. The minimum absolute atomic E-state index is 0.00513. The van der Waals surface area contributed by atoms with Crippen molar-refractivity contribution >= 4 is 16.8 Å². The molecular weight excluding hydrogens is 201 g/mol. The van der Waals surface area contributed by atoms with Gasteiger partial charge in [-0.15, -0.1) is 0 Å². The zero-order chi connectivity index (χ0) is 10.8. The third-order valence-corrected chi connectivity index (χ3v) is 1.98. The summed E-state index contributed by atoms with van der Waals surface area (Å²) >= 11 is 0. The highest BCUT2D eigenvalue weighted by Gasteiger charge is 2.10. The van der Waals surface area contributed by atoms with Crippen molar-refractivity contribution in [3.05, 3.63) is 29.7 Å². The van der Waals surface area contributed by atoms with Gasteiger partial charge in [-0.2, -0.15) is 0 Å². The number of hydrogen-bond donors (Lipinski definition) is 2. The number of aromatic nitrogens is 1. The third-order valence-electron chi connectivity index (χ3n) is 1.98. The van der Waals surface area contributed by atoms with Crippen molar-refractivity contribution in [1.29, 1.82) is 0 Å². The van der Waals surface area contributed by atoms with Crippen molar-refractivity contribution in [2.75, 3.05) is 0 Å². The summed E-state index contributed by atoms with van der Waals surface area (Å²) in [6.07, 6.45) is 0.118. The van der Waals surface area contributed by atoms with Crippen LogP contribution in [0.3, 0.4) is 0 Å². The Bertz CT molecular complexity index is 521. The lowest BCUT2D eigenvalue weighted by Crippen LogP contribution is -2.14. The Morgan fingerprint density at radius 3 is 3.13 bits per heavy atom. The van der Waals surface area contributed by atoms with Gasteiger partial charge in [0, 0.05) is 5.39 Å². The van der Waals surface area contributed by atoms with Crippen molar-refractivity contribution in [1.82, 2.24) is 5.16 Å². The van der Waals surface area contributed by atoms with Crippen LogP contribution in [0.1, 0.15) is 5.69 Å². The number of hydrogen-bond acceptors (Lipinski definition) is 4. The zero-order valence-electron chi connectivity index (χ0n) is 7.64. The molecular formula is C9H8FN3O2. The summed E-state index contributed by atoms with van der Waals surface area (Å²) < 4.78 is 17.9. The maximum absolute atomic E-state index is 12.9. The van der Waals surface area contributed by atoms with E-state index in [1.807, 2.05) is 0 Å². The number of amidine groups is 1. The van der Waals surface area contributed by atoms with E-state index in [4.69, 9.17) is 15.5 Å². The Hall–Kier alpha value is -2.11. The molecule has 0 spiro atoms. The van der Waals surface area contributed by atoms with Crippen molar-refractivity contribution in [3.8, 4) is 0 Å². The first-order chi connectivity index (χ1) is 7.20. The number of nitrogens with two attached hydrogens (primary N) is 1. The molecule has 1 aromatic heterocycles. The molecule has 0 bridgehead atoms. The van der Waals surface area contributed by atoms with Crippen LogP contribution in [0.25, 0.3) is 11.0 Å². The molecule has 0 aliphatic carbocycles. The number of fused-ring (bicyclic) bond motifs is 1. The van der Waals surface area contributed by atoms with Gasteiger partial charge in [0.05, 0.1) is 12.1 Å². The summed E-state index contributed by atoms with van der Waals surface area (Å²) in [5.74, 6) is -0.388. The summed E-state index contributed by atoms with van der Waals surface area (Å²) in [6, 6.07) is 4.06. The molecule has 1 heterocycles. The predicted octanol–water partition coefficient (Wildman–Crippen LogP) is 1.26. The van der Waals surface area contributed by atoms with E-state index in [2.05, 4.69) is 10.3 Å². The molecule has 0 atom stereocenters. The van der Waals surface area contributed by atoms with Crippen LogP contribution in [0.15, 0.2) is 27.9 Å². The maximum Gasteiger partial charge on any atom is 0.167 e. The van der Waals surface area contributed by atoms with Gasteiger partial charge < -0.3 is 15.5 Å². The van der Waals surface area contributed by atoms with Gasteiger partial charge in [0.25, 0.3) is 0 Å². The molecule has 0 aliphatic heterocycles. The summed E-state index contributed by atoms with van der Waals surface area (Å²) in [7, 11) is 0. The quantitative estimate of drug-likeness (QED) is 0.337. The average Bonchev–Trinajstić information content (AvgIpc) is 2.61. The molecule has 2 rings (SSSR count). The largest absolute Gasteiger partial charge is 0.409 e. The van der Waals surface area contributed by atoms with Crippen LogP contribution in [-0.4, -0.2) is 16.2 Å². The topological polar surface area (TPSA) is 84.6 Å². The Labute approximate surface area is 84.0 Å². The van der Waals surface area contributed by atoms with E-state index in [1.165, 1.54) is 18.2 Å². The van der Waals surface area contributed by atoms with Crippen LogP contribution in [-0.2, 0) is 6.42 Å². The van der Waals surface area contributed by atoms with E-state index in [9.17, 15) is 4.39 Å². The van der Waals surface area contributed by atoms with Crippen LogP contribution < -0.4 is 5.73 Å². The monoisotopic (exact) mass is 209 g/mol. The Balaban J connectivity index is 2.48. The highest BCUT2D eigenvalue weighted by molar-refractivity contribution is 5.87. The molecule has 0 radical (unpaired) electrons. The maximum atomic E-state index is 12.9. The summed E-state index contributed by atoms with van der Waals surface area (Å²) in [6.45, 7) is 0. The van der Waals surface area contributed by atoms with Gasteiger partial charge in [-0.1, -0.05) is 10.3 Å². The molecule has 15 heavy (non-hydrogen) atoms. The molecule has 2 aromatic rings. The fourth-order valence-corrected chi connectivity index (χ4v) is 1.30. The molecule has 0 amide bonds. The fourth-order valence-electron chi connectivity index (χ4n) is 1.30. The lowest BCUT2D eigenvalue weighted by molar-refractivity contribution is 0.317. The van der Waals surface area contributed by atoms with E-state index >= 15 is 0 Å². The normalized spacial score (nSPS) is 12.2. The van der Waals surface area contributed by atoms with Crippen molar-refractivity contribution in [2.24, 2.45) is 10.9 Å². The molecule has 5 nitrogen and oxygen atoms in total. The number of benzene rings is 1. The van der Waals surface area contributed by atoms with Crippen molar-refractivity contribution < 1.29 is 14.1 Å². The van der Waals surface area contributed by atoms with Crippen molar-refractivity contribution in [3.63, 3.8) is 0 Å². The molecule has 3 N–H and O–H groups in total. The van der Waals surface area contributed by atoms with Gasteiger partial charge in [0.2, 0.25) is 0 Å². The van der Waals surface area contributed by atoms with E-state index in [1.54, 1.807) is 0 Å². The molecule has 0 unspecified atom stereocenters. The highest BCUT2D eigenvalue weighted by Crippen LogP contribution is 2.19. The Morgan fingerprint density at radius 2 is 2.40 bits per heavy atom. The van der Waals surface area contributed by atoms with E-state index < -0.39 is 0 Å². The number of rotatable bonds is 2. The van der Waals surface area contributed by atoms with Crippen LogP contribution in [0.4, 0.5) is 4.39 Å². The molecule has 0 aliphatic rings. The molecule has 0 saturated heterocycles. The van der Waals surface area contributed by atoms with Crippen LogP contribution in [0.2, 0.25) is 0 Å². The van der Waals surface area contributed by atoms with Gasteiger partial charge in [0.15, 0.2) is 5.58 Å². The minimum atomic E-state index is -0.383. The summed E-state index contributed by atoms with van der Waals surface area (Å²) in [4.78, 5) is 0. The third kappa shape index (κ3) is 1.74. The molecule has 1 aromatic carbocycles. The standard InChI is InChI=1S/C9H8FN3O2/c10-5-1-2-8-6(3-5)7(13-15-8)4-9(11)12-14/h1-3,14H,4H2,(H2,11,12). The first kappa shape index (κ1) is 9.45. The molecule has 0 saturated carbocycles. The van der Waals surface area contributed by atoms with Crippen LogP contribution in [0.5, 0.6) is 0 Å². The van der Waals surface area contributed by atoms with Gasteiger partial charge in [0.1, 0.15) is 11.7 Å². The van der Waals surface area contributed by atoms with Crippen LogP contribution >= 0.6 is 0 Å². The lowest BCUT2D eigenvalue weighted by atomic mass is 10.1. The Kier molecular flexibility index (Phi) is 2.24. The minimum Gasteiger partial charge on any atom is -0.409 e. The van der Waals surface area contributed by atoms with E-state index in [0.717, 1.165) is 0 Å². The number of nitrogens with zero attached hydrogens (tertiary/aromatic N) is 2. The zero-order valence-corrected chi connectivity index (χ0v) is 7.64. The van der Waals surface area contributed by atoms with E-state index in [0.29, 0.717) is 16.7 Å². The van der Waals surface area contributed by atoms with E-state index in [-0.39, 0.29) is 18.1 Å². The lowest BCUT2D eigenvalue weighted by Gasteiger charge is -1.94. The number of halogens is 1. The number of oxime groups is 1. The average molecular weight is 209 g/mol. The second kappa shape index (κ2) is 3.56. The SMILES string of the molecule is N/C(Cc1noc2ccc(F)cc12)=N\O. The summed E-state index contributed by atoms with van der Waals surface area (Å²) in [5, 5.41) is 15.4. The Morgan fingerprint density at radius 1 is 1.60 bits per heavy atom. The molecule has 6 heteroatoms. The van der Waals surface area contributed by atoms with Crippen LogP contribution in [0, 0.1) is 5.82 Å². The molecule has 78 valence electrons. The van der Waals surface area contributed by atoms with Gasteiger partial charge >= 0.3 is 0 Å². The van der Waals surface area contributed by atoms with Crippen molar-refractivity contribution in [2.45, 2.75) is 6.42 Å². The first-order valence-corrected chi connectivity index (χ1v) is 4.21. The highest BCUT2D eigenvalue weighted by atomic mass is 19.1. The second-order valence-electron chi connectivity index (χ2n) is 3.04. The van der Waals surface area contributed by atoms with Gasteiger partial charge in [-0.25, -0.2) is 4.39 Å². The smallest absolute Gasteiger partial charge is 0.167 e. The van der Waals surface area contributed by atoms with Gasteiger partial charge in [-0.05, 0) is 18.2 Å². The second-order valence-corrected chi connectivity index (χ2v) is 3.04. The summed E-state index contributed by atoms with van der Waals surface area (Å²) in [5.41, 5.74) is 6.23.